The van der Waals surface area contributed by atoms with Crippen molar-refractivity contribution in [2.75, 3.05) is 0 Å². The second-order valence-electron chi connectivity index (χ2n) is 6.66. The Hall–Kier alpha value is -4.13. The first kappa shape index (κ1) is 15.0. The Morgan fingerprint density at radius 2 is 1.86 bits per heavy atom. The number of hydrogen-bond acceptors (Lipinski definition) is 4. The number of pyridine rings is 1. The largest absolute Gasteiger partial charge is 0.472 e. The van der Waals surface area contributed by atoms with Gasteiger partial charge in [0.05, 0.1) is 41.6 Å². The van der Waals surface area contributed by atoms with Crippen molar-refractivity contribution in [1.29, 1.82) is 0 Å². The van der Waals surface area contributed by atoms with Crippen molar-refractivity contribution >= 4 is 21.8 Å². The summed E-state index contributed by atoms with van der Waals surface area (Å²) in [5, 5.41) is 16.7. The van der Waals surface area contributed by atoms with E-state index in [9.17, 15) is 0 Å². The monoisotopic (exact) mass is 366 g/mol. The first-order valence-corrected chi connectivity index (χ1v) is 8.84. The lowest BCUT2D eigenvalue weighted by molar-refractivity contribution is 0.568. The Morgan fingerprint density at radius 3 is 2.71 bits per heavy atom. The van der Waals surface area contributed by atoms with Gasteiger partial charge in [-0.1, -0.05) is 6.07 Å². The number of benzene rings is 1. The fraction of sp³-hybridized carbons (Fsp3) is 0. The molecule has 7 heteroatoms. The van der Waals surface area contributed by atoms with Crippen molar-refractivity contribution in [2.45, 2.75) is 0 Å². The van der Waals surface area contributed by atoms with Crippen molar-refractivity contribution in [2.24, 2.45) is 0 Å². The molecule has 6 aromatic rings. The van der Waals surface area contributed by atoms with Crippen LogP contribution in [-0.4, -0.2) is 30.4 Å². The van der Waals surface area contributed by atoms with Crippen LogP contribution in [0.4, 0.5) is 0 Å². The Labute approximate surface area is 158 Å². The molecule has 5 heterocycles. The van der Waals surface area contributed by atoms with E-state index in [1.54, 1.807) is 12.5 Å². The summed E-state index contributed by atoms with van der Waals surface area (Å²) in [5.74, 6) is 0. The summed E-state index contributed by atoms with van der Waals surface area (Å²) in [6.07, 6.45) is 10.8. The number of aromatic amines is 3. The normalized spacial score (nSPS) is 11.6. The van der Waals surface area contributed by atoms with Gasteiger partial charge in [-0.25, -0.2) is 0 Å². The molecule has 134 valence electrons. The predicted octanol–water partition coefficient (Wildman–Crippen LogP) is 4.76. The third-order valence-electron chi connectivity index (χ3n) is 5.03. The summed E-state index contributed by atoms with van der Waals surface area (Å²) in [5.41, 5.74) is 7.88. The van der Waals surface area contributed by atoms with E-state index >= 15 is 0 Å². The highest BCUT2D eigenvalue weighted by atomic mass is 16.3. The summed E-state index contributed by atoms with van der Waals surface area (Å²) < 4.78 is 5.24. The molecule has 1 aromatic carbocycles. The van der Waals surface area contributed by atoms with Crippen LogP contribution in [0.3, 0.4) is 0 Å². The quantitative estimate of drug-likeness (QED) is 0.420. The van der Waals surface area contributed by atoms with Gasteiger partial charge in [-0.3, -0.25) is 15.2 Å². The van der Waals surface area contributed by atoms with Gasteiger partial charge >= 0.3 is 0 Å². The minimum atomic E-state index is 0.870. The smallest absolute Gasteiger partial charge is 0.116 e. The highest BCUT2D eigenvalue weighted by Gasteiger charge is 2.15. The van der Waals surface area contributed by atoms with E-state index in [-0.39, 0.29) is 0 Å². The van der Waals surface area contributed by atoms with Gasteiger partial charge in [0.25, 0.3) is 0 Å². The van der Waals surface area contributed by atoms with E-state index in [0.717, 1.165) is 55.4 Å². The molecule has 0 spiro atoms. The molecule has 5 aromatic heterocycles. The van der Waals surface area contributed by atoms with Crippen LogP contribution in [0.15, 0.2) is 72.1 Å². The second kappa shape index (κ2) is 5.68. The Morgan fingerprint density at radius 1 is 0.857 bits per heavy atom. The van der Waals surface area contributed by atoms with Gasteiger partial charge in [0, 0.05) is 39.9 Å². The van der Waals surface area contributed by atoms with Gasteiger partial charge in [0.15, 0.2) is 0 Å². The van der Waals surface area contributed by atoms with Crippen molar-refractivity contribution in [3.8, 4) is 33.6 Å². The second-order valence-corrected chi connectivity index (χ2v) is 6.66. The van der Waals surface area contributed by atoms with Gasteiger partial charge in [-0.05, 0) is 29.8 Å². The molecule has 7 nitrogen and oxygen atoms in total. The lowest BCUT2D eigenvalue weighted by atomic mass is 10.0. The molecule has 0 atom stereocenters. The molecule has 0 fully saturated rings. The van der Waals surface area contributed by atoms with Crippen LogP contribution in [0, 0.1) is 0 Å². The average Bonchev–Trinajstić information content (AvgIpc) is 3.53. The van der Waals surface area contributed by atoms with E-state index in [1.807, 2.05) is 36.9 Å². The molecule has 0 radical (unpaired) electrons. The topological polar surface area (TPSA) is 99.2 Å². The molecule has 0 aliphatic heterocycles. The van der Waals surface area contributed by atoms with E-state index in [2.05, 4.69) is 48.6 Å². The van der Waals surface area contributed by atoms with E-state index in [4.69, 9.17) is 4.42 Å². The first-order chi connectivity index (χ1) is 13.9. The molecule has 28 heavy (non-hydrogen) atoms. The van der Waals surface area contributed by atoms with E-state index in [1.165, 1.54) is 0 Å². The maximum atomic E-state index is 5.24. The predicted molar refractivity (Wildman–Crippen MR) is 106 cm³/mol. The maximum absolute atomic E-state index is 5.24. The van der Waals surface area contributed by atoms with Crippen LogP contribution in [-0.2, 0) is 0 Å². The molecule has 0 aliphatic rings. The molecule has 0 amide bonds. The van der Waals surface area contributed by atoms with Gasteiger partial charge in [0.1, 0.15) is 5.69 Å². The Kier molecular flexibility index (Phi) is 3.04. The summed E-state index contributed by atoms with van der Waals surface area (Å²) in [7, 11) is 0. The molecular formula is C21H14N6O. The fourth-order valence-corrected chi connectivity index (χ4v) is 3.63. The van der Waals surface area contributed by atoms with Crippen molar-refractivity contribution < 1.29 is 4.42 Å². The van der Waals surface area contributed by atoms with Gasteiger partial charge in [0.2, 0.25) is 0 Å². The number of nitrogens with one attached hydrogen (secondary N) is 3. The zero-order chi connectivity index (χ0) is 18.5. The van der Waals surface area contributed by atoms with Crippen LogP contribution in [0.2, 0.25) is 0 Å². The van der Waals surface area contributed by atoms with E-state index < -0.39 is 0 Å². The number of H-pyrrole nitrogens is 3. The number of hydrogen-bond donors (Lipinski definition) is 3. The van der Waals surface area contributed by atoms with Crippen molar-refractivity contribution in [1.82, 2.24) is 30.4 Å². The number of nitrogens with zero attached hydrogens (tertiary/aromatic N) is 3. The SMILES string of the molecule is c1cc(-c2cncc3[nH]c(-c4n[nH]c5ccc(-c6cn[nH]c6)cc45)cc23)co1. The zero-order valence-electron chi connectivity index (χ0n) is 14.6. The highest BCUT2D eigenvalue weighted by Crippen LogP contribution is 2.34. The van der Waals surface area contributed by atoms with Gasteiger partial charge in [-0.15, -0.1) is 0 Å². The van der Waals surface area contributed by atoms with Crippen molar-refractivity contribution in [3.63, 3.8) is 0 Å². The van der Waals surface area contributed by atoms with Crippen LogP contribution in [0.5, 0.6) is 0 Å². The minimum absolute atomic E-state index is 0.870. The lowest BCUT2D eigenvalue weighted by Gasteiger charge is -1.99. The molecule has 0 unspecified atom stereocenters. The highest BCUT2D eigenvalue weighted by molar-refractivity contribution is 6.01. The summed E-state index contributed by atoms with van der Waals surface area (Å²) in [4.78, 5) is 7.81. The fourth-order valence-electron chi connectivity index (χ4n) is 3.63. The van der Waals surface area contributed by atoms with Crippen LogP contribution < -0.4 is 0 Å². The average molecular weight is 366 g/mol. The molecule has 0 aliphatic carbocycles. The number of aromatic nitrogens is 6. The van der Waals surface area contributed by atoms with Crippen LogP contribution in [0.1, 0.15) is 0 Å². The van der Waals surface area contributed by atoms with Crippen LogP contribution in [0.25, 0.3) is 55.4 Å². The van der Waals surface area contributed by atoms with Crippen molar-refractivity contribution in [3.05, 3.63) is 67.6 Å². The minimum Gasteiger partial charge on any atom is -0.472 e. The summed E-state index contributed by atoms with van der Waals surface area (Å²) in [6, 6.07) is 10.3. The first-order valence-electron chi connectivity index (χ1n) is 8.84. The summed E-state index contributed by atoms with van der Waals surface area (Å²) in [6.45, 7) is 0. The molecular weight excluding hydrogens is 352 g/mol. The molecule has 0 saturated carbocycles. The standard InChI is InChI=1S/C21H14N6O/c1-2-18-16(5-12(1)14-7-23-24-8-14)21(27-26-18)19-6-15-17(13-3-4-28-11-13)9-22-10-20(15)25-19/h1-11,25H,(H,23,24)(H,26,27). The Balaban J connectivity index is 1.55. The maximum Gasteiger partial charge on any atom is 0.116 e. The zero-order valence-corrected chi connectivity index (χ0v) is 14.6. The van der Waals surface area contributed by atoms with E-state index in [0.29, 0.717) is 0 Å². The number of fused-ring (bicyclic) bond motifs is 2. The Bertz CT molecular complexity index is 1410. The molecule has 6 rings (SSSR count). The lowest BCUT2D eigenvalue weighted by Crippen LogP contribution is -1.80. The van der Waals surface area contributed by atoms with Crippen LogP contribution >= 0.6 is 0 Å². The third-order valence-corrected chi connectivity index (χ3v) is 5.03. The third kappa shape index (κ3) is 2.20. The molecule has 0 saturated heterocycles. The summed E-state index contributed by atoms with van der Waals surface area (Å²) >= 11 is 0. The van der Waals surface area contributed by atoms with Gasteiger partial charge in [-0.2, -0.15) is 10.2 Å². The number of rotatable bonds is 3. The molecule has 0 bridgehead atoms. The number of furan rings is 1. The molecule has 3 N–H and O–H groups in total. The van der Waals surface area contributed by atoms with Gasteiger partial charge < -0.3 is 9.40 Å².